The molecule has 3 rings (SSSR count). The van der Waals surface area contributed by atoms with E-state index in [1.807, 2.05) is 40.9 Å². The van der Waals surface area contributed by atoms with Crippen molar-refractivity contribution in [3.05, 3.63) is 52.2 Å². The summed E-state index contributed by atoms with van der Waals surface area (Å²) in [4.78, 5) is 15.8. The summed E-state index contributed by atoms with van der Waals surface area (Å²) in [6.07, 6.45) is 0.916. The fraction of sp³-hybridized carbons (Fsp3) is 0.312. The van der Waals surface area contributed by atoms with Crippen molar-refractivity contribution in [3.8, 4) is 0 Å². The second kappa shape index (κ2) is 6.54. The Kier molecular flexibility index (Phi) is 4.51. The Morgan fingerprint density at radius 2 is 2.19 bits per heavy atom. The van der Waals surface area contributed by atoms with Crippen LogP contribution < -0.4 is 5.32 Å². The largest absolute Gasteiger partial charge is 0.323 e. The van der Waals surface area contributed by atoms with Gasteiger partial charge < -0.3 is 10.2 Å². The van der Waals surface area contributed by atoms with Gasteiger partial charge in [0.1, 0.15) is 5.37 Å². The van der Waals surface area contributed by atoms with Gasteiger partial charge in [-0.1, -0.05) is 31.2 Å². The number of thiophene rings is 1. The number of carbonyl (C=O) groups excluding carboxylic acids is 1. The summed E-state index contributed by atoms with van der Waals surface area (Å²) < 4.78 is 0. The third kappa shape index (κ3) is 3.09. The van der Waals surface area contributed by atoms with Crippen molar-refractivity contribution in [3.63, 3.8) is 0 Å². The van der Waals surface area contributed by atoms with E-state index in [2.05, 4.69) is 29.8 Å². The molecule has 1 saturated heterocycles. The number of nitrogens with one attached hydrogen (secondary N) is 1. The Bertz CT molecular complexity index is 612. The average molecular weight is 318 g/mol. The van der Waals surface area contributed by atoms with Crippen molar-refractivity contribution in [1.29, 1.82) is 0 Å². The molecular weight excluding hydrogens is 300 g/mol. The first kappa shape index (κ1) is 14.5. The highest BCUT2D eigenvalue weighted by molar-refractivity contribution is 7.99. The van der Waals surface area contributed by atoms with Gasteiger partial charge in [-0.25, -0.2) is 4.79 Å². The van der Waals surface area contributed by atoms with Crippen LogP contribution in [0.4, 0.5) is 10.5 Å². The Hall–Kier alpha value is -1.46. The van der Waals surface area contributed by atoms with E-state index in [-0.39, 0.29) is 11.4 Å². The van der Waals surface area contributed by atoms with Gasteiger partial charge in [-0.15, -0.1) is 23.1 Å². The maximum absolute atomic E-state index is 12.6. The first-order valence-electron chi connectivity index (χ1n) is 7.10. The molecule has 1 fully saturated rings. The van der Waals surface area contributed by atoms with Gasteiger partial charge in [-0.2, -0.15) is 0 Å². The molecule has 0 bridgehead atoms. The number of carbonyl (C=O) groups is 1. The number of hydrogen-bond acceptors (Lipinski definition) is 3. The lowest BCUT2D eigenvalue weighted by Gasteiger charge is -2.23. The SMILES string of the molecule is CCc1ccccc1NC(=O)N1CCS[C@@H]1c1cccs1. The van der Waals surface area contributed by atoms with Crippen LogP contribution in [0.3, 0.4) is 0 Å². The topological polar surface area (TPSA) is 32.3 Å². The van der Waals surface area contributed by atoms with Crippen LogP contribution in [0.5, 0.6) is 0 Å². The zero-order valence-corrected chi connectivity index (χ0v) is 13.5. The van der Waals surface area contributed by atoms with E-state index < -0.39 is 0 Å². The minimum Gasteiger partial charge on any atom is -0.308 e. The van der Waals surface area contributed by atoms with Crippen molar-refractivity contribution in [2.24, 2.45) is 0 Å². The average Bonchev–Trinajstić information content (AvgIpc) is 3.18. The molecule has 0 saturated carbocycles. The molecule has 1 N–H and O–H groups in total. The molecule has 1 atom stereocenters. The number of para-hydroxylation sites is 1. The Balaban J connectivity index is 1.75. The van der Waals surface area contributed by atoms with Gasteiger partial charge in [0.05, 0.1) is 0 Å². The third-order valence-corrected chi connectivity index (χ3v) is 5.89. The Morgan fingerprint density at radius 3 is 2.95 bits per heavy atom. The highest BCUT2D eigenvalue weighted by Crippen LogP contribution is 2.40. The zero-order chi connectivity index (χ0) is 14.7. The first-order chi connectivity index (χ1) is 10.3. The normalized spacial score (nSPS) is 18.0. The summed E-state index contributed by atoms with van der Waals surface area (Å²) in [6.45, 7) is 2.90. The van der Waals surface area contributed by atoms with Crippen molar-refractivity contribution < 1.29 is 4.79 Å². The summed E-state index contributed by atoms with van der Waals surface area (Å²) in [5.41, 5.74) is 2.09. The van der Waals surface area contributed by atoms with Gasteiger partial charge in [0.2, 0.25) is 0 Å². The maximum Gasteiger partial charge on any atom is 0.323 e. The van der Waals surface area contributed by atoms with Gasteiger partial charge in [0, 0.05) is 22.9 Å². The fourth-order valence-corrected chi connectivity index (χ4v) is 4.72. The number of urea groups is 1. The van der Waals surface area contributed by atoms with Crippen molar-refractivity contribution in [2.75, 3.05) is 17.6 Å². The van der Waals surface area contributed by atoms with Crippen molar-refractivity contribution in [2.45, 2.75) is 18.7 Å². The molecular formula is C16H18N2OS2. The van der Waals surface area contributed by atoms with Crippen LogP contribution in [-0.2, 0) is 6.42 Å². The van der Waals surface area contributed by atoms with Crippen LogP contribution in [0.2, 0.25) is 0 Å². The van der Waals surface area contributed by atoms with E-state index in [1.54, 1.807) is 11.3 Å². The molecule has 0 radical (unpaired) electrons. The van der Waals surface area contributed by atoms with Gasteiger partial charge in [-0.05, 0) is 29.5 Å². The van der Waals surface area contributed by atoms with E-state index in [0.29, 0.717) is 0 Å². The van der Waals surface area contributed by atoms with E-state index in [1.165, 1.54) is 10.4 Å². The lowest BCUT2D eigenvalue weighted by atomic mass is 10.1. The molecule has 0 unspecified atom stereocenters. The van der Waals surface area contributed by atoms with Gasteiger partial charge in [0.15, 0.2) is 0 Å². The highest BCUT2D eigenvalue weighted by atomic mass is 32.2. The maximum atomic E-state index is 12.6. The van der Waals surface area contributed by atoms with Crippen molar-refractivity contribution in [1.82, 2.24) is 4.90 Å². The quantitative estimate of drug-likeness (QED) is 0.897. The van der Waals surface area contributed by atoms with Crippen LogP contribution in [0, 0.1) is 0 Å². The molecule has 21 heavy (non-hydrogen) atoms. The molecule has 2 heterocycles. The predicted molar refractivity (Wildman–Crippen MR) is 91.1 cm³/mol. The third-order valence-electron chi connectivity index (χ3n) is 3.58. The molecule has 1 aromatic carbocycles. The van der Waals surface area contributed by atoms with Gasteiger partial charge in [0.25, 0.3) is 0 Å². The van der Waals surface area contributed by atoms with E-state index in [4.69, 9.17) is 0 Å². The molecule has 1 aliphatic heterocycles. The van der Waals surface area contributed by atoms with Gasteiger partial charge in [-0.3, -0.25) is 0 Å². The highest BCUT2D eigenvalue weighted by Gasteiger charge is 2.31. The van der Waals surface area contributed by atoms with Crippen LogP contribution in [0.25, 0.3) is 0 Å². The van der Waals surface area contributed by atoms with Crippen LogP contribution in [-0.4, -0.2) is 23.2 Å². The summed E-state index contributed by atoms with van der Waals surface area (Å²) >= 11 is 3.55. The molecule has 3 nitrogen and oxygen atoms in total. The standard InChI is InChI=1S/C16H18N2OS2/c1-2-12-6-3-4-7-13(12)17-16(19)18-9-11-21-15(18)14-8-5-10-20-14/h3-8,10,15H,2,9,11H2,1H3,(H,17,19)/t15-/m1/s1. The molecule has 2 amide bonds. The lowest BCUT2D eigenvalue weighted by Crippen LogP contribution is -2.34. The minimum absolute atomic E-state index is 0.000648. The first-order valence-corrected chi connectivity index (χ1v) is 9.03. The smallest absolute Gasteiger partial charge is 0.308 e. The zero-order valence-electron chi connectivity index (χ0n) is 11.9. The summed E-state index contributed by atoms with van der Waals surface area (Å²) in [5, 5.41) is 5.29. The number of anilines is 1. The number of amides is 2. The lowest BCUT2D eigenvalue weighted by molar-refractivity contribution is 0.215. The fourth-order valence-electron chi connectivity index (χ4n) is 2.48. The summed E-state index contributed by atoms with van der Waals surface area (Å²) in [6, 6.07) is 12.2. The molecule has 0 aliphatic carbocycles. The summed E-state index contributed by atoms with van der Waals surface area (Å²) in [5.74, 6) is 0.991. The second-order valence-corrected chi connectivity index (χ2v) is 7.04. The number of rotatable bonds is 3. The predicted octanol–water partition coefficient (Wildman–Crippen LogP) is 4.59. The summed E-state index contributed by atoms with van der Waals surface area (Å²) in [7, 11) is 0. The number of thioether (sulfide) groups is 1. The molecule has 1 aromatic heterocycles. The number of nitrogens with zero attached hydrogens (tertiary/aromatic N) is 1. The van der Waals surface area contributed by atoms with Crippen molar-refractivity contribution >= 4 is 34.8 Å². The number of aryl methyl sites for hydroxylation is 1. The van der Waals surface area contributed by atoms with E-state index in [0.717, 1.165) is 24.4 Å². The van der Waals surface area contributed by atoms with Crippen LogP contribution in [0.15, 0.2) is 41.8 Å². The van der Waals surface area contributed by atoms with Gasteiger partial charge >= 0.3 is 6.03 Å². The van der Waals surface area contributed by atoms with Crippen LogP contribution >= 0.6 is 23.1 Å². The van der Waals surface area contributed by atoms with E-state index in [9.17, 15) is 4.79 Å². The Labute approximate surface area is 133 Å². The molecule has 0 spiro atoms. The minimum atomic E-state index is -0.000648. The monoisotopic (exact) mass is 318 g/mol. The molecule has 1 aliphatic rings. The Morgan fingerprint density at radius 1 is 1.33 bits per heavy atom. The second-order valence-electron chi connectivity index (χ2n) is 4.87. The molecule has 5 heteroatoms. The molecule has 110 valence electrons. The number of benzene rings is 1. The van der Waals surface area contributed by atoms with Crippen LogP contribution in [0.1, 0.15) is 22.7 Å². The molecule has 2 aromatic rings. The van der Waals surface area contributed by atoms with E-state index >= 15 is 0 Å². The number of hydrogen-bond donors (Lipinski definition) is 1.